The summed E-state index contributed by atoms with van der Waals surface area (Å²) < 4.78 is 69.0. The number of rotatable bonds is 19. The van der Waals surface area contributed by atoms with Gasteiger partial charge in [0.1, 0.15) is 6.04 Å². The molecule has 0 aliphatic rings. The number of aromatic amines is 1. The first kappa shape index (κ1) is 45.3. The molecule has 0 saturated heterocycles. The van der Waals surface area contributed by atoms with Crippen molar-refractivity contribution in [3.8, 4) is 0 Å². The van der Waals surface area contributed by atoms with E-state index in [9.17, 15) is 46.8 Å². The van der Waals surface area contributed by atoms with Gasteiger partial charge in [0, 0.05) is 23.4 Å². The van der Waals surface area contributed by atoms with Crippen LogP contribution in [0.3, 0.4) is 0 Å². The first-order valence-electron chi connectivity index (χ1n) is 18.3. The topological polar surface area (TPSA) is 279 Å². The number of hydrogen-bond donors (Lipinski definition) is 7. The molecule has 2 aromatic heterocycles. The van der Waals surface area contributed by atoms with Crippen LogP contribution in [0.1, 0.15) is 64.2 Å². The van der Waals surface area contributed by atoms with Crippen molar-refractivity contribution in [3.05, 3.63) is 111 Å². The fourth-order valence-electron chi connectivity index (χ4n) is 5.46. The predicted octanol–water partition coefficient (Wildman–Crippen LogP) is 5.48. The SMILES string of the molecule is CCOP(=O)(OCC)OCc1ccc(NC(=O)c2ccc(C(F)(F)F)cc2NC(=O)CC[C@H](NC(=O)c2ccc(NCc3cnc4nc(N)[nH]c(=O)c4n3)cc2)C(=O)O)cc1. The number of phosphoric acid groups is 1. The lowest BCUT2D eigenvalue weighted by Crippen LogP contribution is -2.41. The molecule has 0 unspecified atom stereocenters. The summed E-state index contributed by atoms with van der Waals surface area (Å²) in [5, 5.41) is 20.0. The summed E-state index contributed by atoms with van der Waals surface area (Å²) in [7, 11) is -3.79. The molecule has 19 nitrogen and oxygen atoms in total. The Morgan fingerprint density at radius 3 is 2.21 bits per heavy atom. The Hall–Kier alpha value is -6.74. The minimum atomic E-state index is -4.84. The number of nitrogens with two attached hydrogens (primary N) is 1. The van der Waals surface area contributed by atoms with Crippen LogP contribution in [-0.4, -0.2) is 68.0 Å². The zero-order valence-corrected chi connectivity index (χ0v) is 33.3. The Morgan fingerprint density at radius 1 is 0.902 bits per heavy atom. The van der Waals surface area contributed by atoms with Gasteiger partial charge < -0.3 is 32.1 Å². The highest BCUT2D eigenvalue weighted by Gasteiger charge is 2.32. The van der Waals surface area contributed by atoms with E-state index < -0.39 is 73.4 Å². The van der Waals surface area contributed by atoms with Gasteiger partial charge in [0.25, 0.3) is 17.4 Å². The number of fused-ring (bicyclic) bond motifs is 1. The van der Waals surface area contributed by atoms with Crippen LogP contribution in [0.2, 0.25) is 0 Å². The van der Waals surface area contributed by atoms with Crippen LogP contribution in [0.4, 0.5) is 36.2 Å². The molecule has 1 atom stereocenters. The third kappa shape index (κ3) is 12.6. The average molecular weight is 870 g/mol. The summed E-state index contributed by atoms with van der Waals surface area (Å²) in [6, 6.07) is 12.4. The Bertz CT molecular complexity index is 2500. The molecule has 3 amide bonds. The number of hydrogen-bond acceptors (Lipinski definition) is 14. The maximum atomic E-state index is 13.7. The highest BCUT2D eigenvalue weighted by molar-refractivity contribution is 7.48. The fourth-order valence-corrected chi connectivity index (χ4v) is 6.62. The maximum absolute atomic E-state index is 13.7. The molecule has 5 aromatic rings. The highest BCUT2D eigenvalue weighted by Crippen LogP contribution is 2.50. The molecule has 0 fully saturated rings. The first-order chi connectivity index (χ1) is 29.0. The second-order valence-corrected chi connectivity index (χ2v) is 14.5. The summed E-state index contributed by atoms with van der Waals surface area (Å²) >= 11 is 0. The van der Waals surface area contributed by atoms with Crippen molar-refractivity contribution in [2.24, 2.45) is 0 Å². The van der Waals surface area contributed by atoms with E-state index in [0.717, 1.165) is 6.07 Å². The Morgan fingerprint density at radius 2 is 1.57 bits per heavy atom. The zero-order chi connectivity index (χ0) is 44.3. The van der Waals surface area contributed by atoms with E-state index in [2.05, 4.69) is 41.2 Å². The van der Waals surface area contributed by atoms with Gasteiger partial charge in [-0.1, -0.05) is 12.1 Å². The molecule has 2 heterocycles. The number of H-pyrrole nitrogens is 1. The molecule has 322 valence electrons. The van der Waals surface area contributed by atoms with Gasteiger partial charge in [-0.2, -0.15) is 18.2 Å². The molecule has 0 aliphatic heterocycles. The number of alkyl halides is 3. The van der Waals surface area contributed by atoms with Crippen molar-refractivity contribution in [1.82, 2.24) is 25.3 Å². The van der Waals surface area contributed by atoms with Gasteiger partial charge in [-0.15, -0.1) is 0 Å². The van der Waals surface area contributed by atoms with Gasteiger partial charge in [0.15, 0.2) is 11.2 Å². The molecule has 0 spiro atoms. The molecule has 8 N–H and O–H groups in total. The van der Waals surface area contributed by atoms with E-state index in [0.29, 0.717) is 29.1 Å². The minimum Gasteiger partial charge on any atom is -0.480 e. The largest absolute Gasteiger partial charge is 0.480 e. The second-order valence-electron chi connectivity index (χ2n) is 12.8. The van der Waals surface area contributed by atoms with Gasteiger partial charge in [0.05, 0.1) is 55.1 Å². The molecule has 5 rings (SSSR count). The van der Waals surface area contributed by atoms with Crippen molar-refractivity contribution in [3.63, 3.8) is 0 Å². The van der Waals surface area contributed by atoms with Gasteiger partial charge in [0.2, 0.25) is 11.9 Å². The van der Waals surface area contributed by atoms with Crippen molar-refractivity contribution < 1.29 is 55.6 Å². The molecule has 3 aromatic carbocycles. The third-order valence-electron chi connectivity index (χ3n) is 8.41. The van der Waals surface area contributed by atoms with E-state index in [1.54, 1.807) is 13.8 Å². The number of amides is 3. The number of carbonyl (C=O) groups excluding carboxylic acids is 3. The van der Waals surface area contributed by atoms with Gasteiger partial charge in [-0.05, 0) is 80.4 Å². The predicted molar refractivity (Wildman–Crippen MR) is 214 cm³/mol. The Balaban J connectivity index is 1.18. The molecule has 23 heteroatoms. The van der Waals surface area contributed by atoms with Crippen LogP contribution in [0, 0.1) is 0 Å². The second kappa shape index (κ2) is 20.0. The summed E-state index contributed by atoms with van der Waals surface area (Å²) in [6.07, 6.45) is -4.48. The summed E-state index contributed by atoms with van der Waals surface area (Å²) in [4.78, 5) is 78.0. The van der Waals surface area contributed by atoms with Crippen LogP contribution in [0.25, 0.3) is 11.2 Å². The Labute approximate surface area is 344 Å². The van der Waals surface area contributed by atoms with E-state index in [-0.39, 0.29) is 60.3 Å². The summed E-state index contributed by atoms with van der Waals surface area (Å²) in [6.45, 7) is 3.38. The number of phosphoric ester groups is 1. The molecular formula is C38H39F3N9O10P. The van der Waals surface area contributed by atoms with Crippen molar-refractivity contribution in [2.75, 3.05) is 34.9 Å². The standard InChI is InChI=1S/C38H39F3N9O10P/c1-3-58-61(57,59-4-2)60-20-21-5-10-25(11-6-21)46-34(53)27-14-9-23(38(39,40)41)17-29(27)47-30(51)16-15-28(36(55)56)48-33(52)22-7-12-24(13-8-22)43-18-26-19-44-32-31(45-26)35(54)50-37(42)49-32/h5-14,17,19,28,43H,3-4,15-16,18,20H2,1-2H3,(H,46,53)(H,47,51)(H,48,52)(H,55,56)(H3,42,44,49,50,54)/t28-/m0/s1. The number of nitrogen functional groups attached to an aromatic ring is 1. The van der Waals surface area contributed by atoms with Crippen LogP contribution < -0.4 is 32.6 Å². The average Bonchev–Trinajstić information content (AvgIpc) is 3.21. The first-order valence-corrected chi connectivity index (χ1v) is 19.8. The quantitative estimate of drug-likeness (QED) is 0.0506. The van der Waals surface area contributed by atoms with Crippen LogP contribution in [0.15, 0.2) is 77.7 Å². The summed E-state index contributed by atoms with van der Waals surface area (Å²) in [5.74, 6) is -4.20. The van der Waals surface area contributed by atoms with E-state index >= 15 is 0 Å². The van der Waals surface area contributed by atoms with Gasteiger partial charge in [-0.25, -0.2) is 19.3 Å². The van der Waals surface area contributed by atoms with E-state index in [4.69, 9.17) is 19.3 Å². The lowest BCUT2D eigenvalue weighted by Gasteiger charge is -2.17. The molecule has 0 radical (unpaired) electrons. The number of aliphatic carboxylic acids is 1. The molecule has 0 aliphatic carbocycles. The number of carbonyl (C=O) groups is 4. The normalized spacial score (nSPS) is 12.1. The zero-order valence-electron chi connectivity index (χ0n) is 32.4. The van der Waals surface area contributed by atoms with Gasteiger partial charge >= 0.3 is 20.0 Å². The van der Waals surface area contributed by atoms with E-state index in [1.165, 1.54) is 54.7 Å². The lowest BCUT2D eigenvalue weighted by atomic mass is 10.1. The number of halogens is 3. The number of anilines is 4. The van der Waals surface area contributed by atoms with Crippen LogP contribution in [-0.2, 0) is 47.1 Å². The highest BCUT2D eigenvalue weighted by atomic mass is 31.2. The third-order valence-corrected chi connectivity index (χ3v) is 10.0. The molecule has 0 saturated carbocycles. The number of aromatic nitrogens is 4. The lowest BCUT2D eigenvalue weighted by molar-refractivity contribution is -0.139. The van der Waals surface area contributed by atoms with Gasteiger partial charge in [-0.3, -0.25) is 37.7 Å². The molecular weight excluding hydrogens is 830 g/mol. The van der Waals surface area contributed by atoms with Crippen molar-refractivity contribution in [2.45, 2.75) is 52.1 Å². The molecule has 0 bridgehead atoms. The molecule has 61 heavy (non-hydrogen) atoms. The fraction of sp³-hybridized carbons (Fsp3) is 0.263. The number of nitrogens with zero attached hydrogens (tertiary/aromatic N) is 3. The Kier molecular flexibility index (Phi) is 14.9. The van der Waals surface area contributed by atoms with Crippen molar-refractivity contribution in [1.29, 1.82) is 0 Å². The summed E-state index contributed by atoms with van der Waals surface area (Å²) in [5.41, 5.74) is 4.77. The van der Waals surface area contributed by atoms with E-state index in [1.807, 2.05) is 0 Å². The maximum Gasteiger partial charge on any atom is 0.475 e. The number of benzene rings is 3. The number of carboxylic acids is 1. The minimum absolute atomic E-state index is 0.00544. The number of carboxylic acid groups (broad SMARTS) is 1. The smallest absolute Gasteiger partial charge is 0.475 e. The number of nitrogens with one attached hydrogen (secondary N) is 5. The monoisotopic (exact) mass is 869 g/mol. The van der Waals surface area contributed by atoms with Crippen molar-refractivity contribution >= 4 is 65.7 Å². The van der Waals surface area contributed by atoms with Crippen LogP contribution in [0.5, 0.6) is 0 Å². The van der Waals surface area contributed by atoms with Crippen LogP contribution >= 0.6 is 7.82 Å².